The summed E-state index contributed by atoms with van der Waals surface area (Å²) in [5.41, 5.74) is 6.75. The molecule has 1 fully saturated rings. The molecular formula is C10H13N5O3. The van der Waals surface area contributed by atoms with E-state index in [-0.39, 0.29) is 6.61 Å². The number of nitrogens with two attached hydrogens (primary N) is 1. The van der Waals surface area contributed by atoms with Gasteiger partial charge in [-0.3, -0.25) is 4.57 Å². The van der Waals surface area contributed by atoms with Gasteiger partial charge in [0.05, 0.1) is 19.0 Å². The summed E-state index contributed by atoms with van der Waals surface area (Å²) >= 11 is 0. The predicted molar refractivity (Wildman–Crippen MR) is 61.4 cm³/mol. The largest absolute Gasteiger partial charge is 0.394 e. The summed E-state index contributed by atoms with van der Waals surface area (Å²) in [5.74, 6) is 0.302. The van der Waals surface area contributed by atoms with E-state index in [1.807, 2.05) is 0 Å². The Labute approximate surface area is 102 Å². The second kappa shape index (κ2) is 4.16. The van der Waals surface area contributed by atoms with Gasteiger partial charge in [0.15, 0.2) is 11.5 Å². The summed E-state index contributed by atoms with van der Waals surface area (Å²) < 4.78 is 7.22. The number of aliphatic hydroxyl groups excluding tert-OH is 2. The molecule has 1 aliphatic heterocycles. The molecule has 0 spiro atoms. The number of ether oxygens (including phenoxy) is 1. The van der Waals surface area contributed by atoms with Crippen molar-refractivity contribution in [1.82, 2.24) is 19.5 Å². The van der Waals surface area contributed by atoms with E-state index in [1.165, 1.54) is 6.33 Å². The SMILES string of the molecule is Nc1ncnc2c1ncn2[C@H]1CC(O)[C@H](CO)O1. The Kier molecular flexibility index (Phi) is 2.62. The van der Waals surface area contributed by atoms with E-state index >= 15 is 0 Å². The average Bonchev–Trinajstić information content (AvgIpc) is 2.93. The third-order valence-electron chi connectivity index (χ3n) is 3.08. The van der Waals surface area contributed by atoms with E-state index in [0.29, 0.717) is 23.4 Å². The van der Waals surface area contributed by atoms with Crippen LogP contribution >= 0.6 is 0 Å². The Bertz CT molecular complexity index is 572. The molecule has 18 heavy (non-hydrogen) atoms. The van der Waals surface area contributed by atoms with Crippen LogP contribution < -0.4 is 5.73 Å². The van der Waals surface area contributed by atoms with Crippen LogP contribution in [0.5, 0.6) is 0 Å². The van der Waals surface area contributed by atoms with Crippen molar-refractivity contribution in [2.75, 3.05) is 12.3 Å². The van der Waals surface area contributed by atoms with Gasteiger partial charge in [0, 0.05) is 6.42 Å². The molecule has 3 heterocycles. The quantitative estimate of drug-likeness (QED) is 0.629. The number of imidazole rings is 1. The molecule has 1 unspecified atom stereocenters. The topological polar surface area (TPSA) is 119 Å². The summed E-state index contributed by atoms with van der Waals surface area (Å²) in [4.78, 5) is 12.1. The zero-order valence-corrected chi connectivity index (χ0v) is 9.47. The van der Waals surface area contributed by atoms with Gasteiger partial charge in [0.2, 0.25) is 0 Å². The number of aromatic nitrogens is 4. The van der Waals surface area contributed by atoms with Gasteiger partial charge in [-0.05, 0) is 0 Å². The first kappa shape index (κ1) is 11.3. The number of aliphatic hydroxyl groups is 2. The van der Waals surface area contributed by atoms with Crippen molar-refractivity contribution in [2.24, 2.45) is 0 Å². The van der Waals surface area contributed by atoms with Crippen molar-refractivity contribution in [1.29, 1.82) is 0 Å². The molecule has 1 saturated heterocycles. The van der Waals surface area contributed by atoms with Crippen LogP contribution in [0.2, 0.25) is 0 Å². The van der Waals surface area contributed by atoms with Gasteiger partial charge >= 0.3 is 0 Å². The smallest absolute Gasteiger partial charge is 0.167 e. The Hall–Kier alpha value is -1.77. The van der Waals surface area contributed by atoms with E-state index < -0.39 is 18.4 Å². The Morgan fingerprint density at radius 3 is 3.00 bits per heavy atom. The van der Waals surface area contributed by atoms with Crippen LogP contribution in [-0.2, 0) is 4.74 Å². The van der Waals surface area contributed by atoms with Gasteiger partial charge in [-0.15, -0.1) is 0 Å². The lowest BCUT2D eigenvalue weighted by atomic mass is 10.2. The molecular weight excluding hydrogens is 238 g/mol. The van der Waals surface area contributed by atoms with Crippen molar-refractivity contribution in [3.63, 3.8) is 0 Å². The van der Waals surface area contributed by atoms with Gasteiger partial charge in [-0.1, -0.05) is 0 Å². The average molecular weight is 251 g/mol. The molecule has 2 aromatic heterocycles. The molecule has 2 aromatic rings. The molecule has 8 nitrogen and oxygen atoms in total. The van der Waals surface area contributed by atoms with Crippen LogP contribution in [0.15, 0.2) is 12.7 Å². The molecule has 0 aliphatic carbocycles. The van der Waals surface area contributed by atoms with Crippen molar-refractivity contribution in [3.8, 4) is 0 Å². The predicted octanol–water partition coefficient (Wildman–Crippen LogP) is -0.951. The molecule has 1 aliphatic rings. The minimum absolute atomic E-state index is 0.221. The van der Waals surface area contributed by atoms with E-state index in [2.05, 4.69) is 15.0 Å². The number of hydrogen-bond donors (Lipinski definition) is 3. The summed E-state index contributed by atoms with van der Waals surface area (Å²) in [7, 11) is 0. The number of nitrogen functional groups attached to an aromatic ring is 1. The third kappa shape index (κ3) is 1.62. The molecule has 0 radical (unpaired) electrons. The van der Waals surface area contributed by atoms with Crippen LogP contribution in [-0.4, -0.2) is 48.5 Å². The molecule has 0 bridgehead atoms. The monoisotopic (exact) mass is 251 g/mol. The summed E-state index contributed by atoms with van der Waals surface area (Å²) in [6, 6.07) is 0. The Morgan fingerprint density at radius 1 is 1.44 bits per heavy atom. The zero-order valence-electron chi connectivity index (χ0n) is 9.47. The minimum atomic E-state index is -0.698. The second-order valence-electron chi connectivity index (χ2n) is 4.20. The zero-order chi connectivity index (χ0) is 12.7. The van der Waals surface area contributed by atoms with Crippen LogP contribution in [0, 0.1) is 0 Å². The van der Waals surface area contributed by atoms with Crippen molar-refractivity contribution >= 4 is 17.0 Å². The Balaban J connectivity index is 1.99. The van der Waals surface area contributed by atoms with Gasteiger partial charge in [-0.2, -0.15) is 0 Å². The maximum Gasteiger partial charge on any atom is 0.167 e. The van der Waals surface area contributed by atoms with E-state index in [1.54, 1.807) is 10.9 Å². The van der Waals surface area contributed by atoms with Crippen LogP contribution in [0.1, 0.15) is 12.6 Å². The standard InChI is InChI=1S/C10H13N5O3/c11-9-8-10(13-3-12-9)15(4-14-8)7-1-5(17)6(2-16)18-7/h3-7,16-17H,1-2H2,(H2,11,12,13)/t5?,6-,7+/m0/s1. The first-order chi connectivity index (χ1) is 8.70. The highest BCUT2D eigenvalue weighted by Gasteiger charge is 2.35. The first-order valence-electron chi connectivity index (χ1n) is 5.58. The number of hydrogen-bond acceptors (Lipinski definition) is 7. The number of rotatable bonds is 2. The number of fused-ring (bicyclic) bond motifs is 1. The normalized spacial score (nSPS) is 28.0. The third-order valence-corrected chi connectivity index (χ3v) is 3.08. The second-order valence-corrected chi connectivity index (χ2v) is 4.20. The summed E-state index contributed by atoms with van der Waals surface area (Å²) in [6.45, 7) is -0.221. The fraction of sp³-hybridized carbons (Fsp3) is 0.500. The minimum Gasteiger partial charge on any atom is -0.394 e. The molecule has 0 saturated carbocycles. The van der Waals surface area contributed by atoms with Crippen LogP contribution in [0.25, 0.3) is 11.2 Å². The summed E-state index contributed by atoms with van der Waals surface area (Å²) in [5, 5.41) is 18.8. The lowest BCUT2D eigenvalue weighted by molar-refractivity contribution is -0.0432. The fourth-order valence-corrected chi connectivity index (χ4v) is 2.13. The number of anilines is 1. The van der Waals surface area contributed by atoms with Crippen molar-refractivity contribution < 1.29 is 14.9 Å². The maximum absolute atomic E-state index is 9.71. The highest BCUT2D eigenvalue weighted by Crippen LogP contribution is 2.30. The molecule has 4 N–H and O–H groups in total. The van der Waals surface area contributed by atoms with E-state index in [9.17, 15) is 5.11 Å². The number of nitrogens with zero attached hydrogens (tertiary/aromatic N) is 4. The van der Waals surface area contributed by atoms with Gasteiger partial charge in [-0.25, -0.2) is 15.0 Å². The molecule has 3 atom stereocenters. The summed E-state index contributed by atoms with van der Waals surface area (Å²) in [6.07, 6.45) is 1.60. The highest BCUT2D eigenvalue weighted by molar-refractivity contribution is 5.81. The van der Waals surface area contributed by atoms with E-state index in [4.69, 9.17) is 15.6 Å². The maximum atomic E-state index is 9.71. The first-order valence-corrected chi connectivity index (χ1v) is 5.58. The fourth-order valence-electron chi connectivity index (χ4n) is 2.13. The Morgan fingerprint density at radius 2 is 2.28 bits per heavy atom. The van der Waals surface area contributed by atoms with E-state index in [0.717, 1.165) is 0 Å². The van der Waals surface area contributed by atoms with Crippen LogP contribution in [0.4, 0.5) is 5.82 Å². The van der Waals surface area contributed by atoms with Crippen molar-refractivity contribution in [2.45, 2.75) is 24.9 Å². The lowest BCUT2D eigenvalue weighted by Gasteiger charge is -2.13. The molecule has 3 rings (SSSR count). The van der Waals surface area contributed by atoms with Crippen LogP contribution in [0.3, 0.4) is 0 Å². The molecule has 96 valence electrons. The van der Waals surface area contributed by atoms with Crippen molar-refractivity contribution in [3.05, 3.63) is 12.7 Å². The highest BCUT2D eigenvalue weighted by atomic mass is 16.5. The van der Waals surface area contributed by atoms with Gasteiger partial charge in [0.1, 0.15) is 24.2 Å². The lowest BCUT2D eigenvalue weighted by Crippen LogP contribution is -2.24. The molecule has 0 amide bonds. The van der Waals surface area contributed by atoms with Gasteiger partial charge in [0.25, 0.3) is 0 Å². The molecule has 8 heteroatoms. The van der Waals surface area contributed by atoms with Gasteiger partial charge < -0.3 is 20.7 Å². The molecule has 0 aromatic carbocycles.